The fraction of sp³-hybridized carbons (Fsp3) is 1.00. The van der Waals surface area contributed by atoms with Gasteiger partial charge in [0, 0.05) is 13.5 Å². The quantitative estimate of drug-likeness (QED) is 0.567. The van der Waals surface area contributed by atoms with E-state index in [4.69, 9.17) is 14.6 Å². The Morgan fingerprint density at radius 1 is 1.55 bits per heavy atom. The number of methoxy groups -OCH3 is 1. The predicted octanol–water partition coefficient (Wildman–Crippen LogP) is -0.169. The van der Waals surface area contributed by atoms with Gasteiger partial charge in [-0.3, -0.25) is 0 Å². The van der Waals surface area contributed by atoms with Crippen molar-refractivity contribution in [2.45, 2.75) is 12.5 Å². The topological polar surface area (TPSA) is 58.6 Å². The van der Waals surface area contributed by atoms with Crippen LogP contribution in [-0.4, -0.2) is 44.7 Å². The van der Waals surface area contributed by atoms with Gasteiger partial charge in [0.15, 0.2) is 0 Å². The normalized spacial score (nSPS) is 13.4. The van der Waals surface area contributed by atoms with Crippen LogP contribution in [0.25, 0.3) is 0 Å². The Bertz CT molecular complexity index is 70.8. The molecule has 0 aliphatic carbocycles. The van der Waals surface area contributed by atoms with Crippen LogP contribution in [0.15, 0.2) is 0 Å². The van der Waals surface area contributed by atoms with Crippen molar-refractivity contribution in [2.24, 2.45) is 0 Å². The molecule has 0 fully saturated rings. The van der Waals surface area contributed by atoms with E-state index in [1.54, 1.807) is 7.11 Å². The van der Waals surface area contributed by atoms with E-state index in [0.717, 1.165) is 0 Å². The fourth-order valence-corrected chi connectivity index (χ4v) is 0.751. The van der Waals surface area contributed by atoms with Crippen LogP contribution < -0.4 is 0 Å². The first kappa shape index (κ1) is 10.8. The molecule has 0 saturated heterocycles. The molecule has 1 N–H and O–H groups in total. The lowest BCUT2D eigenvalue weighted by Gasteiger charge is -2.14. The average molecular weight is 163 g/mol. The molecule has 4 heteroatoms. The van der Waals surface area contributed by atoms with Crippen LogP contribution in [-0.2, 0) is 14.6 Å². The third-order valence-electron chi connectivity index (χ3n) is 1.24. The van der Waals surface area contributed by atoms with Crippen molar-refractivity contribution >= 4 is 0 Å². The zero-order chi connectivity index (χ0) is 8.53. The predicted molar refractivity (Wildman–Crippen MR) is 38.9 cm³/mol. The lowest BCUT2D eigenvalue weighted by molar-refractivity contribution is -0.0305. The van der Waals surface area contributed by atoms with Crippen LogP contribution in [0.4, 0.5) is 0 Å². The summed E-state index contributed by atoms with van der Waals surface area (Å²) in [6.45, 7) is 0.509. The minimum atomic E-state index is -0.167. The third-order valence-corrected chi connectivity index (χ3v) is 1.24. The Labute approximate surface area is 66.7 Å². The molecule has 0 spiro atoms. The van der Waals surface area contributed by atoms with Gasteiger partial charge >= 0.3 is 0 Å². The summed E-state index contributed by atoms with van der Waals surface area (Å²) in [4.78, 5) is 0. The molecule has 1 radical (unpaired) electrons. The number of hydrogen-bond acceptors (Lipinski definition) is 3. The van der Waals surface area contributed by atoms with Gasteiger partial charge in [0.1, 0.15) is 0 Å². The van der Waals surface area contributed by atoms with E-state index in [2.05, 4.69) is 0 Å². The van der Waals surface area contributed by atoms with Crippen molar-refractivity contribution in [2.75, 3.05) is 33.5 Å². The summed E-state index contributed by atoms with van der Waals surface area (Å²) in [7, 11) is 1.56. The monoisotopic (exact) mass is 163 g/mol. The van der Waals surface area contributed by atoms with Gasteiger partial charge in [0.2, 0.25) is 0 Å². The molecule has 0 heterocycles. The Kier molecular flexibility index (Phi) is 7.83. The molecule has 11 heavy (non-hydrogen) atoms. The van der Waals surface area contributed by atoms with E-state index < -0.39 is 0 Å². The van der Waals surface area contributed by atoms with Gasteiger partial charge in [0.05, 0.1) is 32.5 Å². The van der Waals surface area contributed by atoms with Crippen LogP contribution >= 0.6 is 0 Å². The largest absolute Gasteiger partial charge is 0.394 e. The molecular weight excluding hydrogens is 148 g/mol. The van der Waals surface area contributed by atoms with Crippen LogP contribution in [0.3, 0.4) is 0 Å². The van der Waals surface area contributed by atoms with Crippen LogP contribution in [0.5, 0.6) is 0 Å². The van der Waals surface area contributed by atoms with Crippen molar-refractivity contribution in [1.82, 2.24) is 0 Å². The lowest BCUT2D eigenvalue weighted by atomic mass is 10.3. The fourth-order valence-electron chi connectivity index (χ4n) is 0.751. The van der Waals surface area contributed by atoms with E-state index in [1.165, 1.54) is 0 Å². The summed E-state index contributed by atoms with van der Waals surface area (Å²) >= 11 is 0. The summed E-state index contributed by atoms with van der Waals surface area (Å²) < 4.78 is 9.91. The standard InChI is InChI=1S/C7H15O4/c1-10-6-7(2-3-8)11-5-4-9/h7,9H,2-6H2,1H3. The Hall–Kier alpha value is -0.160. The van der Waals surface area contributed by atoms with Crippen LogP contribution in [0.2, 0.25) is 0 Å². The molecule has 0 aromatic carbocycles. The molecule has 1 atom stereocenters. The van der Waals surface area contributed by atoms with Crippen molar-refractivity contribution < 1.29 is 19.7 Å². The molecule has 1 unspecified atom stereocenters. The van der Waals surface area contributed by atoms with Crippen LogP contribution in [0.1, 0.15) is 6.42 Å². The highest BCUT2D eigenvalue weighted by Gasteiger charge is 2.07. The molecule has 0 aromatic heterocycles. The summed E-state index contributed by atoms with van der Waals surface area (Å²) in [5.41, 5.74) is 0. The highest BCUT2D eigenvalue weighted by molar-refractivity contribution is 4.54. The van der Waals surface area contributed by atoms with Gasteiger partial charge in [-0.2, -0.15) is 0 Å². The van der Waals surface area contributed by atoms with E-state index in [0.29, 0.717) is 13.0 Å². The van der Waals surface area contributed by atoms with Gasteiger partial charge in [-0.05, 0) is 0 Å². The first-order valence-corrected chi connectivity index (χ1v) is 3.64. The molecule has 0 aliphatic heterocycles. The molecule has 0 aromatic rings. The SMILES string of the molecule is COCC(CC[O])OCCO. The second-order valence-corrected chi connectivity index (χ2v) is 2.16. The minimum Gasteiger partial charge on any atom is -0.394 e. The molecule has 0 aliphatic rings. The van der Waals surface area contributed by atoms with Crippen LogP contribution in [0, 0.1) is 0 Å². The van der Waals surface area contributed by atoms with Crippen molar-refractivity contribution in [3.8, 4) is 0 Å². The van der Waals surface area contributed by atoms with E-state index in [1.807, 2.05) is 0 Å². The van der Waals surface area contributed by atoms with Crippen molar-refractivity contribution in [3.05, 3.63) is 0 Å². The Balaban J connectivity index is 3.34. The first-order valence-electron chi connectivity index (χ1n) is 3.64. The van der Waals surface area contributed by atoms with Gasteiger partial charge in [-0.25, -0.2) is 5.11 Å². The first-order chi connectivity index (χ1) is 5.35. The third kappa shape index (κ3) is 6.25. The average Bonchev–Trinajstić information content (AvgIpc) is 2.01. The number of aliphatic hydroxyl groups is 1. The summed E-state index contributed by atoms with van der Waals surface area (Å²) in [6.07, 6.45) is 0.276. The second-order valence-electron chi connectivity index (χ2n) is 2.16. The molecule has 67 valence electrons. The Morgan fingerprint density at radius 2 is 2.27 bits per heavy atom. The minimum absolute atomic E-state index is 0.0148. The summed E-state index contributed by atoms with van der Waals surface area (Å²) in [6, 6.07) is 0. The maximum atomic E-state index is 10.2. The molecule has 0 amide bonds. The zero-order valence-corrected chi connectivity index (χ0v) is 6.78. The number of ether oxygens (including phenoxy) is 2. The van der Waals surface area contributed by atoms with Gasteiger partial charge < -0.3 is 14.6 Å². The molecule has 0 bridgehead atoms. The molecule has 0 saturated carbocycles. The maximum absolute atomic E-state index is 10.2. The lowest BCUT2D eigenvalue weighted by Crippen LogP contribution is -2.21. The summed E-state index contributed by atoms with van der Waals surface area (Å²) in [5.74, 6) is 0. The Morgan fingerprint density at radius 3 is 2.73 bits per heavy atom. The summed E-state index contributed by atoms with van der Waals surface area (Å²) in [5, 5.41) is 18.6. The highest BCUT2D eigenvalue weighted by Crippen LogP contribution is 1.97. The number of rotatable bonds is 7. The number of hydrogen-bond donors (Lipinski definition) is 1. The van der Waals surface area contributed by atoms with E-state index in [9.17, 15) is 5.11 Å². The maximum Gasteiger partial charge on any atom is 0.0847 e. The smallest absolute Gasteiger partial charge is 0.0847 e. The van der Waals surface area contributed by atoms with Gasteiger partial charge in [-0.15, -0.1) is 0 Å². The van der Waals surface area contributed by atoms with Gasteiger partial charge in [-0.1, -0.05) is 0 Å². The highest BCUT2D eigenvalue weighted by atomic mass is 16.5. The van der Waals surface area contributed by atoms with Gasteiger partial charge in [0.25, 0.3) is 0 Å². The van der Waals surface area contributed by atoms with Crippen molar-refractivity contribution in [3.63, 3.8) is 0 Å². The zero-order valence-electron chi connectivity index (χ0n) is 6.78. The molecule has 0 rings (SSSR count). The van der Waals surface area contributed by atoms with E-state index in [-0.39, 0.29) is 25.9 Å². The molecule has 4 nitrogen and oxygen atoms in total. The molecular formula is C7H15O4. The number of aliphatic hydroxyl groups excluding tert-OH is 1. The van der Waals surface area contributed by atoms with E-state index >= 15 is 0 Å². The second kappa shape index (κ2) is 7.94. The van der Waals surface area contributed by atoms with Crippen molar-refractivity contribution in [1.29, 1.82) is 0 Å².